The first-order valence-electron chi connectivity index (χ1n) is 8.34. The van der Waals surface area contributed by atoms with Crippen molar-refractivity contribution in [2.45, 2.75) is 36.3 Å². The zero-order valence-corrected chi connectivity index (χ0v) is 17.9. The van der Waals surface area contributed by atoms with Crippen LogP contribution in [0.15, 0.2) is 29.3 Å². The maximum absolute atomic E-state index is 11.9. The molecule has 1 amide bonds. The van der Waals surface area contributed by atoms with Gasteiger partial charge in [0.25, 0.3) is 0 Å². The van der Waals surface area contributed by atoms with Gasteiger partial charge in [-0.05, 0) is 36.2 Å². The first-order chi connectivity index (χ1) is 12.5. The number of nitrogens with one attached hydrogen (secondary N) is 1. The average molecular weight is 456 g/mol. The van der Waals surface area contributed by atoms with Gasteiger partial charge in [0.05, 0.1) is 17.5 Å². The molecule has 6 nitrogen and oxygen atoms in total. The molecular formula is C17H21Cl3N2O4S. The number of carbonyl (C=O) groups is 1. The zero-order chi connectivity index (χ0) is 20.2. The lowest BCUT2D eigenvalue weighted by molar-refractivity contribution is -0.126. The smallest absolute Gasteiger partial charge is 0.246 e. The van der Waals surface area contributed by atoms with Crippen molar-refractivity contribution in [1.29, 1.82) is 0 Å². The van der Waals surface area contributed by atoms with Crippen LogP contribution < -0.4 is 10.1 Å². The van der Waals surface area contributed by atoms with Crippen molar-refractivity contribution in [3.05, 3.63) is 29.8 Å². The van der Waals surface area contributed by atoms with Crippen molar-refractivity contribution >= 4 is 56.8 Å². The molecule has 1 heterocycles. The highest BCUT2D eigenvalue weighted by molar-refractivity contribution is 7.91. The number of ether oxygens (including phenoxy) is 1. The van der Waals surface area contributed by atoms with E-state index in [4.69, 9.17) is 39.5 Å². The second-order valence-corrected chi connectivity index (χ2v) is 11.2. The number of alkyl halides is 3. The first-order valence-corrected chi connectivity index (χ1v) is 11.3. The Hall–Kier alpha value is -1.02. The molecule has 1 aliphatic rings. The van der Waals surface area contributed by atoms with Crippen LogP contribution >= 0.6 is 34.8 Å². The molecule has 2 unspecified atom stereocenters. The van der Waals surface area contributed by atoms with Gasteiger partial charge in [-0.3, -0.25) is 9.79 Å². The van der Waals surface area contributed by atoms with Crippen LogP contribution in [0.5, 0.6) is 5.75 Å². The molecule has 10 heteroatoms. The molecule has 27 heavy (non-hydrogen) atoms. The van der Waals surface area contributed by atoms with E-state index in [-0.39, 0.29) is 29.4 Å². The average Bonchev–Trinajstić information content (AvgIpc) is 2.91. The summed E-state index contributed by atoms with van der Waals surface area (Å²) < 4.78 is 26.7. The van der Waals surface area contributed by atoms with Crippen LogP contribution in [0.1, 0.15) is 25.8 Å². The van der Waals surface area contributed by atoms with Crippen LogP contribution in [-0.2, 0) is 14.6 Å². The van der Waals surface area contributed by atoms with Crippen molar-refractivity contribution in [1.82, 2.24) is 5.32 Å². The molecule has 1 saturated heterocycles. The number of rotatable bonds is 6. The summed E-state index contributed by atoms with van der Waals surface area (Å²) >= 11 is 17.7. The van der Waals surface area contributed by atoms with Crippen LogP contribution in [0.3, 0.4) is 0 Å². The summed E-state index contributed by atoms with van der Waals surface area (Å²) in [5, 5.41) is 2.55. The number of amides is 1. The van der Waals surface area contributed by atoms with Gasteiger partial charge in [0.1, 0.15) is 5.75 Å². The predicted molar refractivity (Wildman–Crippen MR) is 109 cm³/mol. The lowest BCUT2D eigenvalue weighted by Gasteiger charge is -2.27. The molecule has 0 radical (unpaired) electrons. The number of sulfone groups is 1. The lowest BCUT2D eigenvalue weighted by Crippen LogP contribution is -2.49. The van der Waals surface area contributed by atoms with Crippen molar-refractivity contribution in [3.8, 4) is 5.75 Å². The Labute approximate surface area is 174 Å². The summed E-state index contributed by atoms with van der Waals surface area (Å²) in [5.74, 6) is 0.0759. The molecule has 0 aliphatic carbocycles. The summed E-state index contributed by atoms with van der Waals surface area (Å²) in [5.41, 5.74) is 0.781. The molecule has 2 rings (SSSR count). The van der Waals surface area contributed by atoms with E-state index in [0.717, 1.165) is 5.56 Å². The van der Waals surface area contributed by atoms with Gasteiger partial charge in [0.15, 0.2) is 9.84 Å². The van der Waals surface area contributed by atoms with Gasteiger partial charge in [0, 0.05) is 12.1 Å². The van der Waals surface area contributed by atoms with E-state index in [2.05, 4.69) is 10.3 Å². The fraction of sp³-hybridized carbons (Fsp3) is 0.529. The highest BCUT2D eigenvalue weighted by Gasteiger charge is 2.36. The summed E-state index contributed by atoms with van der Waals surface area (Å²) in [7, 11) is -2.96. The number of hydrogen-bond acceptors (Lipinski definition) is 5. The van der Waals surface area contributed by atoms with Gasteiger partial charge in [-0.1, -0.05) is 48.7 Å². The third-order valence-electron chi connectivity index (χ3n) is 3.87. The number of aliphatic imine (C=N–C) groups is 1. The largest absolute Gasteiger partial charge is 0.466 e. The highest BCUT2D eigenvalue weighted by Crippen LogP contribution is 2.32. The van der Waals surface area contributed by atoms with E-state index in [0.29, 0.717) is 12.2 Å². The Morgan fingerprint density at radius 3 is 2.41 bits per heavy atom. The van der Waals surface area contributed by atoms with Crippen molar-refractivity contribution in [3.63, 3.8) is 0 Å². The van der Waals surface area contributed by atoms with Crippen LogP contribution in [-0.4, -0.2) is 48.1 Å². The normalized spacial score (nSPS) is 20.7. The molecule has 0 spiro atoms. The monoisotopic (exact) mass is 454 g/mol. The van der Waals surface area contributed by atoms with Crippen LogP contribution in [0, 0.1) is 5.92 Å². The second-order valence-electron chi connectivity index (χ2n) is 6.61. The Kier molecular flexibility index (Phi) is 7.41. The molecule has 1 N–H and O–H groups in total. The lowest BCUT2D eigenvalue weighted by atomic mass is 10.2. The molecule has 1 aromatic carbocycles. The van der Waals surface area contributed by atoms with E-state index in [1.165, 1.54) is 0 Å². The topological polar surface area (TPSA) is 84.8 Å². The van der Waals surface area contributed by atoms with E-state index in [1.54, 1.807) is 44.3 Å². The van der Waals surface area contributed by atoms with E-state index < -0.39 is 19.9 Å². The number of benzene rings is 1. The minimum atomic E-state index is -2.96. The summed E-state index contributed by atoms with van der Waals surface area (Å²) in [6, 6.07) is 6.57. The Balaban J connectivity index is 2.01. The summed E-state index contributed by atoms with van der Waals surface area (Å²) in [6.07, 6.45) is 1.02. The minimum absolute atomic E-state index is 0.0885. The first kappa shape index (κ1) is 22.3. The molecule has 2 atom stereocenters. The third kappa shape index (κ3) is 7.14. The zero-order valence-electron chi connectivity index (χ0n) is 14.9. The molecule has 1 aliphatic heterocycles. The predicted octanol–water partition coefficient (Wildman–Crippen LogP) is 3.14. The maximum Gasteiger partial charge on any atom is 0.246 e. The van der Waals surface area contributed by atoms with E-state index >= 15 is 0 Å². The molecule has 1 fully saturated rings. The molecule has 0 bridgehead atoms. The Morgan fingerprint density at radius 2 is 1.93 bits per heavy atom. The van der Waals surface area contributed by atoms with Gasteiger partial charge in [0.2, 0.25) is 15.9 Å². The molecule has 150 valence electrons. The van der Waals surface area contributed by atoms with Crippen molar-refractivity contribution in [2.24, 2.45) is 10.9 Å². The maximum atomic E-state index is 11.9. The van der Waals surface area contributed by atoms with E-state index in [9.17, 15) is 13.2 Å². The van der Waals surface area contributed by atoms with Gasteiger partial charge in [-0.25, -0.2) is 8.42 Å². The van der Waals surface area contributed by atoms with Gasteiger partial charge >= 0.3 is 0 Å². The molecular weight excluding hydrogens is 435 g/mol. The standard InChI is InChI=1S/C17H21Cl3N2O4S/c1-11(2)15(23)22-16(17(18,19)20)26-14-5-3-12(4-6-14)9-21-13-7-8-27(24,25)10-13/h3-6,9,11,13,16H,7-8,10H2,1-2H3,(H,22,23). The van der Waals surface area contributed by atoms with Crippen molar-refractivity contribution in [2.75, 3.05) is 11.5 Å². The quantitative estimate of drug-likeness (QED) is 0.406. The molecule has 0 saturated carbocycles. The van der Waals surface area contributed by atoms with Crippen LogP contribution in [0.25, 0.3) is 0 Å². The Morgan fingerprint density at radius 1 is 1.30 bits per heavy atom. The number of halogens is 3. The highest BCUT2D eigenvalue weighted by atomic mass is 35.6. The van der Waals surface area contributed by atoms with Crippen molar-refractivity contribution < 1.29 is 17.9 Å². The third-order valence-corrected chi connectivity index (χ3v) is 6.22. The SMILES string of the molecule is CC(C)C(=O)NC(Oc1ccc(C=NC2CCS(=O)(=O)C2)cc1)C(Cl)(Cl)Cl. The second kappa shape index (κ2) is 8.99. The molecule has 1 aromatic rings. The molecule has 0 aromatic heterocycles. The van der Waals surface area contributed by atoms with Gasteiger partial charge < -0.3 is 10.1 Å². The summed E-state index contributed by atoms with van der Waals surface area (Å²) in [6.45, 7) is 3.43. The fourth-order valence-corrected chi connectivity index (χ4v) is 4.26. The number of carbonyl (C=O) groups excluding carboxylic acids is 1. The van der Waals surface area contributed by atoms with Gasteiger partial charge in [-0.15, -0.1) is 0 Å². The van der Waals surface area contributed by atoms with Gasteiger partial charge in [-0.2, -0.15) is 0 Å². The van der Waals surface area contributed by atoms with Crippen LogP contribution in [0.2, 0.25) is 0 Å². The number of nitrogens with zero attached hydrogens (tertiary/aromatic N) is 1. The number of hydrogen-bond donors (Lipinski definition) is 1. The fourth-order valence-electron chi connectivity index (χ4n) is 2.33. The minimum Gasteiger partial charge on any atom is -0.466 e. The summed E-state index contributed by atoms with van der Waals surface area (Å²) in [4.78, 5) is 16.2. The van der Waals surface area contributed by atoms with Crippen LogP contribution in [0.4, 0.5) is 0 Å². The Bertz CT molecular complexity index is 789. The van der Waals surface area contributed by atoms with E-state index in [1.807, 2.05) is 0 Å².